The van der Waals surface area contributed by atoms with Gasteiger partial charge in [-0.05, 0) is 61.4 Å². The molecule has 0 fully saturated rings. The van der Waals surface area contributed by atoms with Crippen molar-refractivity contribution in [2.45, 2.75) is 32.9 Å². The van der Waals surface area contributed by atoms with Crippen molar-refractivity contribution in [3.8, 4) is 27.7 Å². The van der Waals surface area contributed by atoms with E-state index in [2.05, 4.69) is 4.98 Å². The number of benzene rings is 2. The molecule has 0 aliphatic carbocycles. The molecule has 8 heteroatoms. The van der Waals surface area contributed by atoms with Gasteiger partial charge in [-0.3, -0.25) is 9.78 Å². The van der Waals surface area contributed by atoms with Crippen LogP contribution in [0.3, 0.4) is 0 Å². The fourth-order valence-corrected chi connectivity index (χ4v) is 4.75. The van der Waals surface area contributed by atoms with E-state index in [1.165, 1.54) is 11.3 Å². The van der Waals surface area contributed by atoms with Crippen molar-refractivity contribution in [2.24, 2.45) is 0 Å². The zero-order valence-corrected chi connectivity index (χ0v) is 20.8. The van der Waals surface area contributed by atoms with Crippen LogP contribution in [0, 0.1) is 0 Å². The lowest BCUT2D eigenvalue weighted by Gasteiger charge is -2.33. The minimum Gasteiger partial charge on any atom is -0.479 e. The molecule has 0 N–H and O–H groups in total. The van der Waals surface area contributed by atoms with Crippen molar-refractivity contribution in [1.29, 1.82) is 0 Å². The minimum atomic E-state index is -0.596. The van der Waals surface area contributed by atoms with Crippen LogP contribution in [0.15, 0.2) is 72.2 Å². The number of carbonyl (C=O) groups is 2. The van der Waals surface area contributed by atoms with Gasteiger partial charge in [-0.1, -0.05) is 25.1 Å². The number of hydrogen-bond donors (Lipinski definition) is 0. The van der Waals surface area contributed by atoms with Gasteiger partial charge in [0, 0.05) is 17.1 Å². The number of pyridine rings is 1. The van der Waals surface area contributed by atoms with Gasteiger partial charge < -0.3 is 14.4 Å². The highest BCUT2D eigenvalue weighted by Crippen LogP contribution is 2.39. The number of nitrogens with zero attached hydrogens (tertiary/aromatic N) is 3. The normalized spacial score (nSPS) is 14.8. The lowest BCUT2D eigenvalue weighted by molar-refractivity contribution is -0.125. The third-order valence-corrected chi connectivity index (χ3v) is 6.68. The Bertz CT molecular complexity index is 1390. The van der Waals surface area contributed by atoms with E-state index < -0.39 is 6.10 Å². The van der Waals surface area contributed by atoms with Gasteiger partial charge in [0.15, 0.2) is 6.10 Å². The van der Waals surface area contributed by atoms with Crippen molar-refractivity contribution in [1.82, 2.24) is 9.97 Å². The van der Waals surface area contributed by atoms with Crippen molar-refractivity contribution >= 4 is 28.9 Å². The Balaban J connectivity index is 1.42. The molecule has 5 rings (SSSR count). The summed E-state index contributed by atoms with van der Waals surface area (Å²) >= 11 is 1.52. The summed E-state index contributed by atoms with van der Waals surface area (Å²) < 4.78 is 11.1. The number of thiazole rings is 1. The molecule has 36 heavy (non-hydrogen) atoms. The second-order valence-electron chi connectivity index (χ2n) is 8.45. The van der Waals surface area contributed by atoms with Crippen molar-refractivity contribution in [3.63, 3.8) is 0 Å². The molecule has 1 amide bonds. The summed E-state index contributed by atoms with van der Waals surface area (Å²) in [6.07, 6.45) is 1.92. The van der Waals surface area contributed by atoms with Gasteiger partial charge in [0.25, 0.3) is 5.91 Å². The number of anilines is 1. The predicted molar refractivity (Wildman–Crippen MR) is 139 cm³/mol. The maximum Gasteiger partial charge on any atom is 0.338 e. The highest BCUT2D eigenvalue weighted by atomic mass is 32.1. The average Bonchev–Trinajstić information content (AvgIpc) is 3.41. The Morgan fingerprint density at radius 2 is 1.94 bits per heavy atom. The maximum atomic E-state index is 13.1. The molecule has 3 heterocycles. The molecule has 2 aromatic heterocycles. The molecule has 0 saturated carbocycles. The number of carbonyl (C=O) groups excluding carboxylic acids is 2. The van der Waals surface area contributed by atoms with Crippen molar-refractivity contribution in [3.05, 3.63) is 83.4 Å². The summed E-state index contributed by atoms with van der Waals surface area (Å²) in [5.74, 6) is 0.173. The van der Waals surface area contributed by atoms with E-state index >= 15 is 0 Å². The van der Waals surface area contributed by atoms with Crippen molar-refractivity contribution in [2.75, 3.05) is 11.5 Å². The number of fused-ring (bicyclic) bond motifs is 1. The second-order valence-corrected chi connectivity index (χ2v) is 9.31. The summed E-state index contributed by atoms with van der Waals surface area (Å²) in [5.41, 5.74) is 4.59. The highest BCUT2D eigenvalue weighted by molar-refractivity contribution is 7.13. The Morgan fingerprint density at radius 1 is 1.11 bits per heavy atom. The third kappa shape index (κ3) is 4.85. The number of amides is 1. The summed E-state index contributed by atoms with van der Waals surface area (Å²) in [7, 11) is 0. The van der Waals surface area contributed by atoms with Crippen molar-refractivity contribution < 1.29 is 19.1 Å². The molecule has 1 atom stereocenters. The standard InChI is InChI=1S/C28H25N3O4S/c1-3-14-34-28(33)20-9-7-19(8-10-20)16-31-24-15-21(11-12-25(24)35-18(2)27(31)32)23-17-36-26(30-23)22-6-4-5-13-29-22/h4-13,15,17-18H,3,14,16H2,1-2H3. The summed E-state index contributed by atoms with van der Waals surface area (Å²) in [4.78, 5) is 36.1. The quantitative estimate of drug-likeness (QED) is 0.301. The van der Waals surface area contributed by atoms with Gasteiger partial charge in [0.05, 0.1) is 35.8 Å². The zero-order chi connectivity index (χ0) is 25.1. The van der Waals surface area contributed by atoms with Crippen LogP contribution in [0.2, 0.25) is 0 Å². The molecule has 0 radical (unpaired) electrons. The van der Waals surface area contributed by atoms with Gasteiger partial charge in [-0.25, -0.2) is 9.78 Å². The zero-order valence-electron chi connectivity index (χ0n) is 20.0. The molecular formula is C28H25N3O4S. The Labute approximate surface area is 213 Å². The molecule has 7 nitrogen and oxygen atoms in total. The van der Waals surface area contributed by atoms with Gasteiger partial charge in [0.2, 0.25) is 0 Å². The molecule has 2 aromatic carbocycles. The first-order valence-electron chi connectivity index (χ1n) is 11.8. The molecule has 1 unspecified atom stereocenters. The Hall–Kier alpha value is -4.04. The van der Waals surface area contributed by atoms with E-state index in [-0.39, 0.29) is 11.9 Å². The molecule has 0 bridgehead atoms. The third-order valence-electron chi connectivity index (χ3n) is 5.82. The number of aromatic nitrogens is 2. The molecule has 1 aliphatic rings. The fourth-order valence-electron chi connectivity index (χ4n) is 3.95. The van der Waals surface area contributed by atoms with Gasteiger partial charge in [0.1, 0.15) is 10.8 Å². The summed E-state index contributed by atoms with van der Waals surface area (Å²) in [6, 6.07) is 18.7. The van der Waals surface area contributed by atoms with Crippen LogP contribution in [0.25, 0.3) is 22.0 Å². The topological polar surface area (TPSA) is 81.6 Å². The van der Waals surface area contributed by atoms with Crippen LogP contribution in [-0.2, 0) is 16.1 Å². The van der Waals surface area contributed by atoms with Gasteiger partial charge in [-0.15, -0.1) is 11.3 Å². The average molecular weight is 500 g/mol. The largest absolute Gasteiger partial charge is 0.479 e. The molecule has 1 aliphatic heterocycles. The fraction of sp³-hybridized carbons (Fsp3) is 0.214. The smallest absolute Gasteiger partial charge is 0.338 e. The van der Waals surface area contributed by atoms with E-state index in [9.17, 15) is 9.59 Å². The predicted octanol–water partition coefficient (Wildman–Crippen LogP) is 5.75. The number of esters is 1. The van der Waals surface area contributed by atoms with E-state index in [1.54, 1.807) is 30.2 Å². The molecular weight excluding hydrogens is 474 g/mol. The first kappa shape index (κ1) is 23.7. The Morgan fingerprint density at radius 3 is 2.69 bits per heavy atom. The summed E-state index contributed by atoms with van der Waals surface area (Å²) in [6.45, 7) is 4.44. The van der Waals surface area contributed by atoms with Crippen LogP contribution in [0.1, 0.15) is 36.2 Å². The van der Waals surface area contributed by atoms with Gasteiger partial charge in [-0.2, -0.15) is 0 Å². The van der Waals surface area contributed by atoms with Crippen LogP contribution in [-0.4, -0.2) is 34.6 Å². The second kappa shape index (κ2) is 10.3. The van der Waals surface area contributed by atoms with Gasteiger partial charge >= 0.3 is 5.97 Å². The van der Waals surface area contributed by atoms with Crippen LogP contribution in [0.5, 0.6) is 5.75 Å². The molecule has 0 spiro atoms. The van der Waals surface area contributed by atoms with E-state index in [0.717, 1.165) is 33.9 Å². The Kier molecular flexibility index (Phi) is 6.77. The number of rotatable bonds is 7. The first-order chi connectivity index (χ1) is 17.5. The number of hydrogen-bond acceptors (Lipinski definition) is 7. The van der Waals surface area contributed by atoms with Crippen LogP contribution < -0.4 is 9.64 Å². The first-order valence-corrected chi connectivity index (χ1v) is 12.7. The lowest BCUT2D eigenvalue weighted by Crippen LogP contribution is -2.44. The SMILES string of the molecule is CCCOC(=O)c1ccc(CN2C(=O)C(C)Oc3ccc(-c4csc(-c5ccccn5)n4)cc32)cc1. The molecule has 0 saturated heterocycles. The maximum absolute atomic E-state index is 13.1. The van der Waals surface area contributed by atoms with Crippen LogP contribution >= 0.6 is 11.3 Å². The number of ether oxygens (including phenoxy) is 2. The van der Waals surface area contributed by atoms with E-state index in [4.69, 9.17) is 14.5 Å². The van der Waals surface area contributed by atoms with Crippen LogP contribution in [0.4, 0.5) is 5.69 Å². The van der Waals surface area contributed by atoms with E-state index in [1.807, 2.05) is 60.8 Å². The molecule has 182 valence electrons. The summed E-state index contributed by atoms with van der Waals surface area (Å²) in [5, 5.41) is 2.82. The monoisotopic (exact) mass is 499 g/mol. The lowest BCUT2D eigenvalue weighted by atomic mass is 10.1. The van der Waals surface area contributed by atoms with E-state index in [0.29, 0.717) is 30.2 Å². The minimum absolute atomic E-state index is 0.126. The molecule has 4 aromatic rings. The highest BCUT2D eigenvalue weighted by Gasteiger charge is 2.32.